The first kappa shape index (κ1) is 18.1. The molecule has 1 aromatic heterocycles. The minimum absolute atomic E-state index is 0.168. The molecule has 0 unspecified atom stereocenters. The Morgan fingerprint density at radius 2 is 1.81 bits per heavy atom. The van der Waals surface area contributed by atoms with Gasteiger partial charge in [0.15, 0.2) is 0 Å². The second-order valence-electron chi connectivity index (χ2n) is 5.54. The number of para-hydroxylation sites is 1. The van der Waals surface area contributed by atoms with Crippen LogP contribution in [0.4, 0.5) is 0 Å². The molecule has 1 amide bonds. The summed E-state index contributed by atoms with van der Waals surface area (Å²) in [5.41, 5.74) is 4.40. The van der Waals surface area contributed by atoms with Gasteiger partial charge in [0.2, 0.25) is 5.88 Å². The third-order valence-corrected chi connectivity index (χ3v) is 3.55. The molecular weight excluding hydrogens is 344 g/mol. The van der Waals surface area contributed by atoms with Crippen LogP contribution in [0.3, 0.4) is 0 Å². The lowest BCUT2D eigenvalue weighted by Crippen LogP contribution is -2.17. The maximum Gasteiger partial charge on any atom is 0.325 e. The van der Waals surface area contributed by atoms with Crippen LogP contribution in [0.1, 0.15) is 21.6 Å². The molecule has 7 nitrogen and oxygen atoms in total. The monoisotopic (exact) mass is 362 g/mol. The number of hydrogen-bond acceptors (Lipinski definition) is 6. The molecule has 0 aliphatic carbocycles. The summed E-state index contributed by atoms with van der Waals surface area (Å²) in [6.45, 7) is 1.82. The Labute approximate surface area is 156 Å². The summed E-state index contributed by atoms with van der Waals surface area (Å²) in [7, 11) is 1.53. The largest absolute Gasteiger partial charge is 0.481 e. The van der Waals surface area contributed by atoms with E-state index in [4.69, 9.17) is 9.47 Å². The number of nitrogens with zero attached hydrogens (tertiary/aromatic N) is 3. The van der Waals surface area contributed by atoms with E-state index in [9.17, 15) is 4.79 Å². The summed E-state index contributed by atoms with van der Waals surface area (Å²) < 4.78 is 10.9. The van der Waals surface area contributed by atoms with E-state index < -0.39 is 0 Å². The first-order valence-corrected chi connectivity index (χ1v) is 8.21. The van der Waals surface area contributed by atoms with Gasteiger partial charge in [-0.15, -0.1) is 0 Å². The molecule has 7 heteroatoms. The lowest BCUT2D eigenvalue weighted by Gasteiger charge is -2.08. The highest BCUT2D eigenvalue weighted by Crippen LogP contribution is 2.23. The number of hydrogen-bond donors (Lipinski definition) is 1. The van der Waals surface area contributed by atoms with Gasteiger partial charge in [-0.05, 0) is 31.2 Å². The summed E-state index contributed by atoms with van der Waals surface area (Å²) >= 11 is 0. The van der Waals surface area contributed by atoms with Crippen molar-refractivity contribution in [1.82, 2.24) is 15.4 Å². The predicted molar refractivity (Wildman–Crippen MR) is 101 cm³/mol. The third kappa shape index (κ3) is 4.88. The second-order valence-corrected chi connectivity index (χ2v) is 5.54. The highest BCUT2D eigenvalue weighted by Gasteiger charge is 2.08. The van der Waals surface area contributed by atoms with Crippen molar-refractivity contribution in [3.05, 3.63) is 77.5 Å². The zero-order valence-electron chi connectivity index (χ0n) is 14.9. The Bertz CT molecular complexity index is 958. The Kier molecular flexibility index (Phi) is 5.73. The first-order valence-electron chi connectivity index (χ1n) is 8.21. The van der Waals surface area contributed by atoms with Crippen molar-refractivity contribution in [2.45, 2.75) is 6.92 Å². The zero-order chi connectivity index (χ0) is 19.1. The average molecular weight is 362 g/mol. The maximum absolute atomic E-state index is 12.0. The number of aromatic nitrogens is 2. The smallest absolute Gasteiger partial charge is 0.325 e. The van der Waals surface area contributed by atoms with Crippen LogP contribution < -0.4 is 14.9 Å². The van der Waals surface area contributed by atoms with E-state index >= 15 is 0 Å². The van der Waals surface area contributed by atoms with Gasteiger partial charge in [0.05, 0.1) is 13.3 Å². The highest BCUT2D eigenvalue weighted by atomic mass is 16.5. The van der Waals surface area contributed by atoms with Gasteiger partial charge in [-0.1, -0.05) is 30.3 Å². The summed E-state index contributed by atoms with van der Waals surface area (Å²) in [6, 6.07) is 18.0. The molecule has 136 valence electrons. The molecule has 3 rings (SSSR count). The molecule has 0 atom stereocenters. The molecule has 0 aliphatic rings. The number of ether oxygens (including phenoxy) is 2. The summed E-state index contributed by atoms with van der Waals surface area (Å²) in [6.07, 6.45) is 1.50. The molecule has 0 spiro atoms. The number of nitrogens with one attached hydrogen (secondary N) is 1. The molecule has 0 saturated carbocycles. The molecule has 0 aliphatic heterocycles. The Balaban J connectivity index is 1.74. The topological polar surface area (TPSA) is 85.7 Å². The van der Waals surface area contributed by atoms with Crippen LogP contribution in [0, 0.1) is 6.92 Å². The van der Waals surface area contributed by atoms with Crippen molar-refractivity contribution >= 4 is 12.1 Å². The number of carbonyl (C=O) groups excluding carboxylic acids is 1. The van der Waals surface area contributed by atoms with E-state index in [-0.39, 0.29) is 11.9 Å². The summed E-state index contributed by atoms with van der Waals surface area (Å²) in [5, 5.41) is 4.00. The number of rotatable bonds is 6. The van der Waals surface area contributed by atoms with Crippen molar-refractivity contribution in [3.8, 4) is 17.6 Å². The van der Waals surface area contributed by atoms with Gasteiger partial charge in [0.1, 0.15) is 5.75 Å². The maximum atomic E-state index is 12.0. The zero-order valence-corrected chi connectivity index (χ0v) is 14.9. The normalized spacial score (nSPS) is 10.6. The SMILES string of the molecule is COc1cc(C)nc(Oc2ccccc2/C=N/NC(=O)c2ccccc2)n1. The lowest BCUT2D eigenvalue weighted by molar-refractivity contribution is 0.0955. The minimum Gasteiger partial charge on any atom is -0.481 e. The van der Waals surface area contributed by atoms with Crippen molar-refractivity contribution in [2.75, 3.05) is 7.11 Å². The highest BCUT2D eigenvalue weighted by molar-refractivity contribution is 5.95. The summed E-state index contributed by atoms with van der Waals surface area (Å²) in [5.74, 6) is 0.624. The van der Waals surface area contributed by atoms with E-state index in [1.807, 2.05) is 25.1 Å². The van der Waals surface area contributed by atoms with Crippen LogP contribution >= 0.6 is 0 Å². The molecule has 1 heterocycles. The van der Waals surface area contributed by atoms with Crippen LogP contribution in [-0.4, -0.2) is 29.2 Å². The number of hydrazone groups is 1. The van der Waals surface area contributed by atoms with E-state index in [1.54, 1.807) is 42.5 Å². The minimum atomic E-state index is -0.294. The van der Waals surface area contributed by atoms with Gasteiger partial charge >= 0.3 is 6.01 Å². The van der Waals surface area contributed by atoms with Crippen LogP contribution in [0.25, 0.3) is 0 Å². The molecule has 2 aromatic carbocycles. The average Bonchev–Trinajstić information content (AvgIpc) is 2.69. The number of aryl methyl sites for hydroxylation is 1. The number of carbonyl (C=O) groups is 1. The van der Waals surface area contributed by atoms with E-state index in [0.717, 1.165) is 5.69 Å². The number of amides is 1. The Hall–Kier alpha value is -3.74. The van der Waals surface area contributed by atoms with Gasteiger partial charge in [-0.2, -0.15) is 15.1 Å². The standard InChI is InChI=1S/C20H18N4O3/c1-14-12-18(26-2)23-20(22-14)27-17-11-7-6-10-16(17)13-21-24-19(25)15-8-4-3-5-9-15/h3-13H,1-2H3,(H,24,25)/b21-13+. The lowest BCUT2D eigenvalue weighted by atomic mass is 10.2. The number of methoxy groups -OCH3 is 1. The van der Waals surface area contributed by atoms with E-state index in [2.05, 4.69) is 20.5 Å². The molecule has 0 radical (unpaired) electrons. The van der Waals surface area contributed by atoms with Crippen molar-refractivity contribution in [2.24, 2.45) is 5.10 Å². The van der Waals surface area contributed by atoms with Gasteiger partial charge < -0.3 is 9.47 Å². The Morgan fingerprint density at radius 1 is 1.07 bits per heavy atom. The molecule has 1 N–H and O–H groups in total. The van der Waals surface area contributed by atoms with Gasteiger partial charge in [0, 0.05) is 22.9 Å². The van der Waals surface area contributed by atoms with Crippen molar-refractivity contribution < 1.29 is 14.3 Å². The molecule has 0 fully saturated rings. The fourth-order valence-electron chi connectivity index (χ4n) is 2.26. The van der Waals surface area contributed by atoms with Crippen LogP contribution in [0.5, 0.6) is 17.6 Å². The van der Waals surface area contributed by atoms with Gasteiger partial charge in [-0.25, -0.2) is 5.43 Å². The van der Waals surface area contributed by atoms with Gasteiger partial charge in [0.25, 0.3) is 5.91 Å². The summed E-state index contributed by atoms with van der Waals surface area (Å²) in [4.78, 5) is 20.4. The van der Waals surface area contributed by atoms with Crippen LogP contribution in [0.2, 0.25) is 0 Å². The Morgan fingerprint density at radius 3 is 2.59 bits per heavy atom. The molecule has 3 aromatic rings. The fourth-order valence-corrected chi connectivity index (χ4v) is 2.26. The predicted octanol–water partition coefficient (Wildman–Crippen LogP) is 3.35. The van der Waals surface area contributed by atoms with Gasteiger partial charge in [-0.3, -0.25) is 4.79 Å². The molecule has 27 heavy (non-hydrogen) atoms. The van der Waals surface area contributed by atoms with Crippen molar-refractivity contribution in [3.63, 3.8) is 0 Å². The molecule has 0 saturated heterocycles. The van der Waals surface area contributed by atoms with Crippen molar-refractivity contribution in [1.29, 1.82) is 0 Å². The molecular formula is C20H18N4O3. The van der Waals surface area contributed by atoms with Crippen LogP contribution in [0.15, 0.2) is 65.8 Å². The van der Waals surface area contributed by atoms with E-state index in [0.29, 0.717) is 22.8 Å². The van der Waals surface area contributed by atoms with E-state index in [1.165, 1.54) is 13.3 Å². The quantitative estimate of drug-likeness (QED) is 0.537. The first-order chi connectivity index (χ1) is 13.2. The second kappa shape index (κ2) is 8.57. The fraction of sp³-hybridized carbons (Fsp3) is 0.100. The number of benzene rings is 2. The van der Waals surface area contributed by atoms with Crippen LogP contribution in [-0.2, 0) is 0 Å². The third-order valence-electron chi connectivity index (χ3n) is 3.55. The molecule has 0 bridgehead atoms.